The van der Waals surface area contributed by atoms with Gasteiger partial charge in [0.05, 0.1) is 12.2 Å². The topological polar surface area (TPSA) is 55.4 Å². The van der Waals surface area contributed by atoms with Crippen LogP contribution in [0.3, 0.4) is 0 Å². The number of thiophene rings is 1. The van der Waals surface area contributed by atoms with Crippen molar-refractivity contribution in [3.63, 3.8) is 0 Å². The molecule has 0 spiro atoms. The number of ether oxygens (including phenoxy) is 1. The number of hydrogen-bond acceptors (Lipinski definition) is 4. The molecule has 1 aromatic carbocycles. The summed E-state index contributed by atoms with van der Waals surface area (Å²) in [5.41, 5.74) is 1.32. The first kappa shape index (κ1) is 15.5. The molecule has 0 atom stereocenters. The van der Waals surface area contributed by atoms with Gasteiger partial charge in [-0.05, 0) is 18.6 Å². The summed E-state index contributed by atoms with van der Waals surface area (Å²) >= 11 is 6.81. The first-order valence-corrected chi connectivity index (χ1v) is 7.73. The number of esters is 1. The third-order valence-electron chi connectivity index (χ3n) is 2.66. The van der Waals surface area contributed by atoms with Crippen LogP contribution < -0.4 is 5.32 Å². The summed E-state index contributed by atoms with van der Waals surface area (Å²) in [4.78, 5) is 24.3. The number of carbonyl (C=O) groups excluding carboxylic acids is 2. The molecule has 1 aromatic heterocycles. The molecule has 0 radical (unpaired) electrons. The lowest BCUT2D eigenvalue weighted by atomic mass is 10.1. The van der Waals surface area contributed by atoms with E-state index in [1.807, 2.05) is 30.3 Å². The smallest absolute Gasteiger partial charge is 0.341 e. The van der Waals surface area contributed by atoms with Gasteiger partial charge >= 0.3 is 5.97 Å². The van der Waals surface area contributed by atoms with Gasteiger partial charge in [0.15, 0.2) is 0 Å². The van der Waals surface area contributed by atoms with Crippen LogP contribution in [0.1, 0.15) is 17.3 Å². The Morgan fingerprint density at radius 1 is 1.29 bits per heavy atom. The molecule has 0 aliphatic heterocycles. The van der Waals surface area contributed by atoms with Crippen LogP contribution in [0.5, 0.6) is 0 Å². The highest BCUT2D eigenvalue weighted by molar-refractivity contribution is 7.20. The molecule has 0 saturated carbocycles. The molecule has 0 saturated heterocycles. The second-order valence-electron chi connectivity index (χ2n) is 4.12. The zero-order valence-corrected chi connectivity index (χ0v) is 13.0. The number of hydrogen-bond donors (Lipinski definition) is 1. The molecular weight excluding hydrogens is 310 g/mol. The summed E-state index contributed by atoms with van der Waals surface area (Å²) in [6.07, 6.45) is 0. The van der Waals surface area contributed by atoms with Gasteiger partial charge in [0.2, 0.25) is 5.91 Å². The fourth-order valence-electron chi connectivity index (χ4n) is 1.75. The maximum atomic E-state index is 12.0. The third-order valence-corrected chi connectivity index (χ3v) is 4.00. The predicted molar refractivity (Wildman–Crippen MR) is 85.1 cm³/mol. The highest BCUT2D eigenvalue weighted by atomic mass is 35.5. The number of amides is 1. The Morgan fingerprint density at radius 2 is 2.00 bits per heavy atom. The Morgan fingerprint density at radius 3 is 2.62 bits per heavy atom. The van der Waals surface area contributed by atoms with Crippen LogP contribution in [-0.4, -0.2) is 24.4 Å². The maximum Gasteiger partial charge on any atom is 0.341 e. The summed E-state index contributed by atoms with van der Waals surface area (Å²) < 4.78 is 5.02. The zero-order chi connectivity index (χ0) is 15.2. The Hall–Kier alpha value is -1.85. The van der Waals surface area contributed by atoms with E-state index in [2.05, 4.69) is 5.32 Å². The molecule has 1 heterocycles. The van der Waals surface area contributed by atoms with Gasteiger partial charge in [0.1, 0.15) is 10.9 Å². The largest absolute Gasteiger partial charge is 0.462 e. The molecular formula is C15H14ClNO3S. The number of nitrogens with one attached hydrogen (secondary N) is 1. The minimum absolute atomic E-state index is 0.166. The summed E-state index contributed by atoms with van der Waals surface area (Å²) in [7, 11) is 0. The van der Waals surface area contributed by atoms with Crippen molar-refractivity contribution in [1.29, 1.82) is 0 Å². The molecule has 21 heavy (non-hydrogen) atoms. The van der Waals surface area contributed by atoms with E-state index >= 15 is 0 Å². The van der Waals surface area contributed by atoms with E-state index in [9.17, 15) is 9.59 Å². The summed E-state index contributed by atoms with van der Waals surface area (Å²) in [6, 6.07) is 11.3. The molecule has 4 nitrogen and oxygen atoms in total. The van der Waals surface area contributed by atoms with Gasteiger partial charge < -0.3 is 10.1 Å². The Labute approximate surface area is 131 Å². The second kappa shape index (κ2) is 7.24. The molecule has 0 aliphatic rings. The summed E-state index contributed by atoms with van der Waals surface area (Å²) in [5, 5.41) is 3.09. The van der Waals surface area contributed by atoms with E-state index in [-0.39, 0.29) is 18.4 Å². The predicted octanol–water partition coefficient (Wildman–Crippen LogP) is 3.77. The van der Waals surface area contributed by atoms with Gasteiger partial charge in [-0.25, -0.2) is 4.79 Å². The second-order valence-corrected chi connectivity index (χ2v) is 5.44. The highest BCUT2D eigenvalue weighted by Gasteiger charge is 2.19. The molecule has 110 valence electrons. The van der Waals surface area contributed by atoms with E-state index in [0.29, 0.717) is 10.6 Å². The van der Waals surface area contributed by atoms with Crippen LogP contribution in [0.2, 0.25) is 0 Å². The van der Waals surface area contributed by atoms with Crippen LogP contribution in [0, 0.1) is 0 Å². The van der Waals surface area contributed by atoms with Crippen LogP contribution in [0.4, 0.5) is 5.00 Å². The third kappa shape index (κ3) is 3.83. The zero-order valence-electron chi connectivity index (χ0n) is 11.4. The fourth-order valence-corrected chi connectivity index (χ4v) is 2.88. The first-order chi connectivity index (χ1) is 10.2. The van der Waals surface area contributed by atoms with Crippen LogP contribution in [-0.2, 0) is 9.53 Å². The van der Waals surface area contributed by atoms with Gasteiger partial charge in [-0.3, -0.25) is 4.79 Å². The van der Waals surface area contributed by atoms with Crippen molar-refractivity contribution in [2.75, 3.05) is 17.8 Å². The molecule has 2 aromatic rings. The van der Waals surface area contributed by atoms with E-state index in [1.165, 1.54) is 11.3 Å². The summed E-state index contributed by atoms with van der Waals surface area (Å²) in [5.74, 6) is -0.981. The molecule has 0 aliphatic carbocycles. The standard InChI is InChI=1S/C15H14ClNO3S/c1-2-20-15(19)11-8-12(10-6-4-3-5-7-10)21-14(11)17-13(18)9-16/h3-8H,2,9H2,1H3,(H,17,18). The molecule has 1 N–H and O–H groups in total. The lowest BCUT2D eigenvalue weighted by molar-refractivity contribution is -0.113. The SMILES string of the molecule is CCOC(=O)c1cc(-c2ccccc2)sc1NC(=O)CCl. The molecule has 0 unspecified atom stereocenters. The molecule has 0 fully saturated rings. The van der Waals surface area contributed by atoms with E-state index < -0.39 is 5.97 Å². The van der Waals surface area contributed by atoms with Crippen LogP contribution in [0.15, 0.2) is 36.4 Å². The Balaban J connectivity index is 2.39. The van der Waals surface area contributed by atoms with Crippen molar-refractivity contribution < 1.29 is 14.3 Å². The highest BCUT2D eigenvalue weighted by Crippen LogP contribution is 2.35. The fraction of sp³-hybridized carbons (Fsp3) is 0.200. The lowest BCUT2D eigenvalue weighted by Gasteiger charge is -2.03. The Bertz CT molecular complexity index is 640. The maximum absolute atomic E-state index is 12.0. The monoisotopic (exact) mass is 323 g/mol. The van der Waals surface area contributed by atoms with Crippen LogP contribution in [0.25, 0.3) is 10.4 Å². The van der Waals surface area contributed by atoms with E-state index in [1.54, 1.807) is 13.0 Å². The molecule has 6 heteroatoms. The van der Waals surface area contributed by atoms with Gasteiger partial charge in [-0.2, -0.15) is 0 Å². The summed E-state index contributed by atoms with van der Waals surface area (Å²) in [6.45, 7) is 2.01. The number of benzene rings is 1. The number of alkyl halides is 1. The number of anilines is 1. The minimum Gasteiger partial charge on any atom is -0.462 e. The van der Waals surface area contributed by atoms with Gasteiger partial charge in [0, 0.05) is 4.88 Å². The van der Waals surface area contributed by atoms with Crippen molar-refractivity contribution in [2.24, 2.45) is 0 Å². The molecule has 1 amide bonds. The normalized spacial score (nSPS) is 10.2. The molecule has 2 rings (SSSR count). The quantitative estimate of drug-likeness (QED) is 0.673. The van der Waals surface area contributed by atoms with Gasteiger partial charge in [-0.1, -0.05) is 30.3 Å². The number of rotatable bonds is 5. The number of carbonyl (C=O) groups is 2. The van der Waals surface area contributed by atoms with Crippen molar-refractivity contribution in [3.05, 3.63) is 42.0 Å². The van der Waals surface area contributed by atoms with Crippen molar-refractivity contribution in [1.82, 2.24) is 0 Å². The van der Waals surface area contributed by atoms with Gasteiger partial charge in [-0.15, -0.1) is 22.9 Å². The first-order valence-electron chi connectivity index (χ1n) is 6.38. The van der Waals surface area contributed by atoms with Crippen molar-refractivity contribution >= 4 is 39.8 Å². The number of halogens is 1. The van der Waals surface area contributed by atoms with Crippen LogP contribution >= 0.6 is 22.9 Å². The van der Waals surface area contributed by atoms with Gasteiger partial charge in [0.25, 0.3) is 0 Å². The Kier molecular flexibility index (Phi) is 5.36. The minimum atomic E-state index is -0.458. The average Bonchev–Trinajstić information content (AvgIpc) is 2.92. The molecule has 0 bridgehead atoms. The lowest BCUT2D eigenvalue weighted by Crippen LogP contribution is -2.14. The van der Waals surface area contributed by atoms with Crippen molar-refractivity contribution in [2.45, 2.75) is 6.92 Å². The van der Waals surface area contributed by atoms with E-state index in [0.717, 1.165) is 10.4 Å². The van der Waals surface area contributed by atoms with E-state index in [4.69, 9.17) is 16.3 Å². The average molecular weight is 324 g/mol. The van der Waals surface area contributed by atoms with Crippen molar-refractivity contribution in [3.8, 4) is 10.4 Å².